The van der Waals surface area contributed by atoms with Gasteiger partial charge in [0.25, 0.3) is 5.56 Å². The predicted octanol–water partition coefficient (Wildman–Crippen LogP) is 2.53. The third kappa shape index (κ3) is 3.27. The standard InChI is InChI=1S/C15H11BrN2O4S/c1-10-2-5-12(6-3-10)23(20,21)22-14-8-15(19)18-9-11(16)4-7-13(18)17-14/h2-9H,1H3. The highest BCUT2D eigenvalue weighted by Crippen LogP contribution is 2.17. The first-order chi connectivity index (χ1) is 10.8. The van der Waals surface area contributed by atoms with Gasteiger partial charge in [-0.25, -0.2) is 0 Å². The second-order valence-corrected chi connectivity index (χ2v) is 7.32. The van der Waals surface area contributed by atoms with E-state index in [-0.39, 0.29) is 16.4 Å². The summed E-state index contributed by atoms with van der Waals surface area (Å²) < 4.78 is 31.4. The molecule has 23 heavy (non-hydrogen) atoms. The minimum Gasteiger partial charge on any atom is -0.358 e. The third-order valence-electron chi connectivity index (χ3n) is 3.10. The fraction of sp³-hybridized carbons (Fsp3) is 0.0667. The second-order valence-electron chi connectivity index (χ2n) is 4.86. The molecule has 0 N–H and O–H groups in total. The first-order valence-corrected chi connectivity index (χ1v) is 8.75. The number of rotatable bonds is 3. The van der Waals surface area contributed by atoms with Crippen molar-refractivity contribution in [3.8, 4) is 5.88 Å². The van der Waals surface area contributed by atoms with Gasteiger partial charge in [-0.2, -0.15) is 13.4 Å². The topological polar surface area (TPSA) is 77.7 Å². The lowest BCUT2D eigenvalue weighted by atomic mass is 10.2. The van der Waals surface area contributed by atoms with Crippen molar-refractivity contribution in [2.45, 2.75) is 11.8 Å². The molecule has 8 heteroatoms. The van der Waals surface area contributed by atoms with E-state index in [4.69, 9.17) is 4.18 Å². The van der Waals surface area contributed by atoms with Gasteiger partial charge in [-0.15, -0.1) is 0 Å². The Hall–Kier alpha value is -2.19. The summed E-state index contributed by atoms with van der Waals surface area (Å²) in [7, 11) is -4.04. The summed E-state index contributed by atoms with van der Waals surface area (Å²) in [6.45, 7) is 1.85. The van der Waals surface area contributed by atoms with Crippen LogP contribution in [0.15, 0.2) is 62.8 Å². The third-order valence-corrected chi connectivity index (χ3v) is 4.81. The average Bonchev–Trinajstić information content (AvgIpc) is 2.48. The van der Waals surface area contributed by atoms with Gasteiger partial charge in [0.2, 0.25) is 5.88 Å². The van der Waals surface area contributed by atoms with Crippen LogP contribution in [0, 0.1) is 6.92 Å². The molecule has 0 aliphatic carbocycles. The van der Waals surface area contributed by atoms with E-state index in [1.807, 2.05) is 6.92 Å². The number of nitrogens with zero attached hydrogens (tertiary/aromatic N) is 2. The Balaban J connectivity index is 2.02. The van der Waals surface area contributed by atoms with Gasteiger partial charge in [-0.3, -0.25) is 9.20 Å². The Labute approximate surface area is 140 Å². The molecule has 3 aromatic rings. The smallest absolute Gasteiger partial charge is 0.340 e. The maximum atomic E-state index is 12.2. The lowest BCUT2D eigenvalue weighted by Gasteiger charge is -2.07. The number of benzene rings is 1. The first kappa shape index (κ1) is 15.7. The Morgan fingerprint density at radius 3 is 2.52 bits per heavy atom. The minimum absolute atomic E-state index is 0.000838. The predicted molar refractivity (Wildman–Crippen MR) is 88.2 cm³/mol. The second kappa shape index (κ2) is 5.78. The van der Waals surface area contributed by atoms with Crippen LogP contribution in [0.1, 0.15) is 5.56 Å². The highest BCUT2D eigenvalue weighted by molar-refractivity contribution is 9.10. The van der Waals surface area contributed by atoms with E-state index in [1.54, 1.807) is 30.5 Å². The Bertz CT molecular complexity index is 1040. The number of hydrogen-bond acceptors (Lipinski definition) is 5. The SMILES string of the molecule is Cc1ccc(S(=O)(=O)Oc2cc(=O)n3cc(Br)ccc3n2)cc1. The van der Waals surface area contributed by atoms with Gasteiger partial charge in [0.15, 0.2) is 0 Å². The van der Waals surface area contributed by atoms with Gasteiger partial charge in [-0.1, -0.05) is 17.7 Å². The molecule has 0 radical (unpaired) electrons. The minimum atomic E-state index is -4.04. The van der Waals surface area contributed by atoms with Gasteiger partial charge in [0, 0.05) is 10.7 Å². The Kier molecular flexibility index (Phi) is 3.95. The number of pyridine rings is 1. The van der Waals surface area contributed by atoms with E-state index >= 15 is 0 Å². The zero-order valence-corrected chi connectivity index (χ0v) is 14.3. The van der Waals surface area contributed by atoms with Crippen LogP contribution in [0.3, 0.4) is 0 Å². The summed E-state index contributed by atoms with van der Waals surface area (Å²) >= 11 is 3.26. The fourth-order valence-corrected chi connectivity index (χ4v) is 3.18. The molecule has 3 rings (SSSR count). The molecule has 0 saturated carbocycles. The van der Waals surface area contributed by atoms with Crippen LogP contribution in [0.25, 0.3) is 5.65 Å². The van der Waals surface area contributed by atoms with E-state index in [0.29, 0.717) is 4.47 Å². The van der Waals surface area contributed by atoms with Crippen LogP contribution >= 0.6 is 15.9 Å². The number of hydrogen-bond donors (Lipinski definition) is 0. The van der Waals surface area contributed by atoms with Crippen LogP contribution in [-0.2, 0) is 10.1 Å². The Morgan fingerprint density at radius 2 is 1.83 bits per heavy atom. The lowest BCUT2D eigenvalue weighted by Crippen LogP contribution is -2.17. The average molecular weight is 395 g/mol. The van der Waals surface area contributed by atoms with Crippen molar-refractivity contribution >= 4 is 31.7 Å². The molecule has 6 nitrogen and oxygen atoms in total. The molecular weight excluding hydrogens is 384 g/mol. The van der Waals surface area contributed by atoms with Crippen molar-refractivity contribution in [1.82, 2.24) is 9.38 Å². The zero-order valence-electron chi connectivity index (χ0n) is 11.9. The van der Waals surface area contributed by atoms with Crippen molar-refractivity contribution in [2.24, 2.45) is 0 Å². The summed E-state index contributed by atoms with van der Waals surface area (Å²) in [5.41, 5.74) is 0.775. The van der Waals surface area contributed by atoms with Crippen LogP contribution in [0.4, 0.5) is 0 Å². The summed E-state index contributed by atoms with van der Waals surface area (Å²) in [4.78, 5) is 16.1. The number of aryl methyl sites for hydroxylation is 1. The molecule has 0 fully saturated rings. The summed E-state index contributed by atoms with van der Waals surface area (Å²) in [6.07, 6.45) is 1.54. The quantitative estimate of drug-likeness (QED) is 0.637. The van der Waals surface area contributed by atoms with Crippen LogP contribution in [0.2, 0.25) is 0 Å². The van der Waals surface area contributed by atoms with Gasteiger partial charge in [0.1, 0.15) is 10.5 Å². The van der Waals surface area contributed by atoms with E-state index in [9.17, 15) is 13.2 Å². The molecule has 2 heterocycles. The molecule has 0 atom stereocenters. The molecular formula is C15H11BrN2O4S. The highest BCUT2D eigenvalue weighted by Gasteiger charge is 2.18. The van der Waals surface area contributed by atoms with E-state index in [2.05, 4.69) is 20.9 Å². The molecule has 0 amide bonds. The zero-order chi connectivity index (χ0) is 16.6. The monoisotopic (exact) mass is 394 g/mol. The molecule has 0 unspecified atom stereocenters. The summed E-state index contributed by atoms with van der Waals surface area (Å²) in [6, 6.07) is 10.5. The van der Waals surface area contributed by atoms with Crippen LogP contribution in [-0.4, -0.2) is 17.8 Å². The van der Waals surface area contributed by atoms with Crippen molar-refractivity contribution in [3.05, 3.63) is 69.1 Å². The molecule has 118 valence electrons. The number of fused-ring (bicyclic) bond motifs is 1. The Morgan fingerprint density at radius 1 is 1.13 bits per heavy atom. The van der Waals surface area contributed by atoms with E-state index in [0.717, 1.165) is 11.6 Å². The summed E-state index contributed by atoms with van der Waals surface area (Å²) in [5, 5.41) is 0. The van der Waals surface area contributed by atoms with Crippen molar-refractivity contribution < 1.29 is 12.6 Å². The number of aromatic nitrogens is 2. The largest absolute Gasteiger partial charge is 0.358 e. The molecule has 1 aromatic carbocycles. The van der Waals surface area contributed by atoms with Gasteiger partial charge >= 0.3 is 10.1 Å². The highest BCUT2D eigenvalue weighted by atomic mass is 79.9. The molecule has 0 bridgehead atoms. The van der Waals surface area contributed by atoms with Crippen molar-refractivity contribution in [3.63, 3.8) is 0 Å². The number of halogens is 1. The lowest BCUT2D eigenvalue weighted by molar-refractivity contribution is 0.475. The van der Waals surface area contributed by atoms with Gasteiger partial charge in [-0.05, 0) is 47.1 Å². The first-order valence-electron chi connectivity index (χ1n) is 6.55. The maximum absolute atomic E-state index is 12.2. The molecule has 0 saturated heterocycles. The van der Waals surface area contributed by atoms with Crippen LogP contribution < -0.4 is 9.74 Å². The van der Waals surface area contributed by atoms with Crippen molar-refractivity contribution in [2.75, 3.05) is 0 Å². The maximum Gasteiger partial charge on any atom is 0.340 e. The summed E-state index contributed by atoms with van der Waals surface area (Å²) in [5.74, 6) is -0.266. The van der Waals surface area contributed by atoms with Crippen LogP contribution in [0.5, 0.6) is 5.88 Å². The molecule has 0 aliphatic heterocycles. The van der Waals surface area contributed by atoms with E-state index in [1.165, 1.54) is 16.5 Å². The molecule has 0 spiro atoms. The molecule has 2 aromatic heterocycles. The normalized spacial score (nSPS) is 11.6. The van der Waals surface area contributed by atoms with Crippen molar-refractivity contribution in [1.29, 1.82) is 0 Å². The molecule has 0 aliphatic rings. The van der Waals surface area contributed by atoms with Gasteiger partial charge in [0.05, 0.1) is 6.07 Å². The van der Waals surface area contributed by atoms with Gasteiger partial charge < -0.3 is 4.18 Å². The fourth-order valence-electron chi connectivity index (χ4n) is 1.96. The van der Waals surface area contributed by atoms with E-state index < -0.39 is 15.7 Å².